The maximum absolute atomic E-state index is 13.0. The lowest BCUT2D eigenvalue weighted by Gasteiger charge is -2.42. The highest BCUT2D eigenvalue weighted by molar-refractivity contribution is 5.91. The molecule has 0 saturated carbocycles. The maximum Gasteiger partial charge on any atom is 0.338 e. The molecule has 44 heavy (non-hydrogen) atoms. The van der Waals surface area contributed by atoms with Gasteiger partial charge in [0.15, 0.2) is 23.0 Å². The molecule has 2 aromatic carbocycles. The van der Waals surface area contributed by atoms with E-state index in [1.54, 1.807) is 64.8 Å². The highest BCUT2D eigenvalue weighted by Crippen LogP contribution is 2.40. The van der Waals surface area contributed by atoms with Crippen LogP contribution in [0.25, 0.3) is 0 Å². The van der Waals surface area contributed by atoms with Crippen LogP contribution in [-0.2, 0) is 9.47 Å². The summed E-state index contributed by atoms with van der Waals surface area (Å²) in [5.41, 5.74) is 0.955. The molecule has 2 aromatic rings. The standard InChI is InChI=1S/C34H44N2O8/c1-39-29-11-5-21(15-31(29)41-3)33(37)43-27-17-23-7-8-24(18-27)35(23)13-14-36-25-9-10-26(36)20-28(19-25)44-34(38)22-6-12-30(40-2)32(16-22)42-4/h5-6,11-12,15-16,23-28H,7-10,13-14,17-20H2,1-4H3. The van der Waals surface area contributed by atoms with E-state index in [1.807, 2.05) is 0 Å². The first-order valence-electron chi connectivity index (χ1n) is 15.8. The van der Waals surface area contributed by atoms with Gasteiger partial charge in [-0.15, -0.1) is 0 Å². The molecule has 238 valence electrons. The van der Waals surface area contributed by atoms with E-state index in [4.69, 9.17) is 28.4 Å². The number of rotatable bonds is 11. The molecule has 4 unspecified atom stereocenters. The van der Waals surface area contributed by atoms with Crippen LogP contribution in [0.15, 0.2) is 36.4 Å². The van der Waals surface area contributed by atoms with Gasteiger partial charge in [-0.1, -0.05) is 0 Å². The summed E-state index contributed by atoms with van der Waals surface area (Å²) >= 11 is 0. The molecule has 4 aliphatic heterocycles. The molecule has 10 nitrogen and oxygen atoms in total. The van der Waals surface area contributed by atoms with Crippen molar-refractivity contribution in [3.05, 3.63) is 47.5 Å². The number of methoxy groups -OCH3 is 4. The molecule has 0 aliphatic carbocycles. The van der Waals surface area contributed by atoms with Crippen molar-refractivity contribution >= 4 is 11.9 Å². The predicted molar refractivity (Wildman–Crippen MR) is 163 cm³/mol. The van der Waals surface area contributed by atoms with Crippen molar-refractivity contribution in [3.63, 3.8) is 0 Å². The summed E-state index contributed by atoms with van der Waals surface area (Å²) in [4.78, 5) is 31.2. The number of fused-ring (bicyclic) bond motifs is 4. The number of nitrogens with zero attached hydrogens (tertiary/aromatic N) is 2. The van der Waals surface area contributed by atoms with E-state index in [2.05, 4.69) is 9.80 Å². The number of carbonyl (C=O) groups excluding carboxylic acids is 2. The number of carbonyl (C=O) groups is 2. The van der Waals surface area contributed by atoms with Crippen LogP contribution in [0.1, 0.15) is 72.1 Å². The van der Waals surface area contributed by atoms with Crippen molar-refractivity contribution < 1.29 is 38.0 Å². The largest absolute Gasteiger partial charge is 0.493 e. The Morgan fingerprint density at radius 3 is 1.23 bits per heavy atom. The third-order valence-corrected chi connectivity index (χ3v) is 10.1. The molecule has 4 fully saturated rings. The van der Waals surface area contributed by atoms with Crippen LogP contribution < -0.4 is 18.9 Å². The minimum absolute atomic E-state index is 0.0726. The molecule has 4 bridgehead atoms. The predicted octanol–water partition coefficient (Wildman–Crippen LogP) is 4.73. The number of hydrogen-bond donors (Lipinski definition) is 0. The van der Waals surface area contributed by atoms with Gasteiger partial charge in [0.2, 0.25) is 0 Å². The normalized spacial score (nSPS) is 27.9. The first-order chi connectivity index (χ1) is 21.4. The molecule has 0 radical (unpaired) electrons. The van der Waals surface area contributed by atoms with E-state index in [1.165, 1.54) is 0 Å². The Hall–Kier alpha value is -3.50. The summed E-state index contributed by atoms with van der Waals surface area (Å²) < 4.78 is 33.3. The molecule has 0 amide bonds. The van der Waals surface area contributed by atoms with Crippen LogP contribution in [-0.4, -0.2) is 99.6 Å². The van der Waals surface area contributed by atoms with Crippen LogP contribution in [0.3, 0.4) is 0 Å². The summed E-state index contributed by atoms with van der Waals surface area (Å²) in [5, 5.41) is 0. The van der Waals surface area contributed by atoms with Crippen molar-refractivity contribution in [2.75, 3.05) is 41.5 Å². The maximum atomic E-state index is 13.0. The van der Waals surface area contributed by atoms with Gasteiger partial charge in [0, 0.05) is 62.9 Å². The van der Waals surface area contributed by atoms with E-state index in [-0.39, 0.29) is 24.1 Å². The van der Waals surface area contributed by atoms with E-state index in [9.17, 15) is 9.59 Å². The fraction of sp³-hybridized carbons (Fsp3) is 0.588. The molecule has 0 spiro atoms. The van der Waals surface area contributed by atoms with E-state index in [0.29, 0.717) is 58.3 Å². The minimum atomic E-state index is -0.310. The average molecular weight is 609 g/mol. The Morgan fingerprint density at radius 2 is 0.909 bits per heavy atom. The second-order valence-electron chi connectivity index (χ2n) is 12.4. The Bertz CT molecular complexity index is 1220. The second-order valence-corrected chi connectivity index (χ2v) is 12.4. The van der Waals surface area contributed by atoms with Crippen molar-refractivity contribution in [1.82, 2.24) is 9.80 Å². The van der Waals surface area contributed by atoms with E-state index < -0.39 is 0 Å². The lowest BCUT2D eigenvalue weighted by atomic mass is 9.98. The van der Waals surface area contributed by atoms with Gasteiger partial charge in [-0.2, -0.15) is 0 Å². The highest BCUT2D eigenvalue weighted by Gasteiger charge is 2.45. The number of esters is 2. The number of benzene rings is 2. The van der Waals surface area contributed by atoms with Crippen LogP contribution in [0.5, 0.6) is 23.0 Å². The zero-order chi connectivity index (χ0) is 30.8. The van der Waals surface area contributed by atoms with Gasteiger partial charge in [-0.3, -0.25) is 9.80 Å². The third kappa shape index (κ3) is 6.19. The molecule has 4 saturated heterocycles. The van der Waals surface area contributed by atoms with Gasteiger partial charge in [0.05, 0.1) is 39.6 Å². The molecule has 4 heterocycles. The van der Waals surface area contributed by atoms with Crippen LogP contribution >= 0.6 is 0 Å². The average Bonchev–Trinajstić information content (AvgIpc) is 3.43. The third-order valence-electron chi connectivity index (χ3n) is 10.1. The Morgan fingerprint density at radius 1 is 0.568 bits per heavy atom. The molecule has 6 rings (SSSR count). The smallest absolute Gasteiger partial charge is 0.338 e. The second kappa shape index (κ2) is 13.2. The Labute approximate surface area is 259 Å². The summed E-state index contributed by atoms with van der Waals surface area (Å²) in [6.45, 7) is 2.05. The number of ether oxygens (including phenoxy) is 6. The topological polar surface area (TPSA) is 96.0 Å². The van der Waals surface area contributed by atoms with Crippen molar-refractivity contribution in [1.29, 1.82) is 0 Å². The van der Waals surface area contributed by atoms with Gasteiger partial charge < -0.3 is 28.4 Å². The zero-order valence-electron chi connectivity index (χ0n) is 26.2. The van der Waals surface area contributed by atoms with Crippen molar-refractivity contribution in [2.24, 2.45) is 0 Å². The molecular weight excluding hydrogens is 564 g/mol. The molecule has 10 heteroatoms. The lowest BCUT2D eigenvalue weighted by Crippen LogP contribution is -2.52. The van der Waals surface area contributed by atoms with Crippen LogP contribution in [0.2, 0.25) is 0 Å². The number of hydrogen-bond acceptors (Lipinski definition) is 10. The van der Waals surface area contributed by atoms with Gasteiger partial charge in [-0.25, -0.2) is 9.59 Å². The summed E-state index contributed by atoms with van der Waals surface area (Å²) in [7, 11) is 6.27. The fourth-order valence-corrected chi connectivity index (χ4v) is 7.97. The Balaban J connectivity index is 0.990. The molecule has 0 aromatic heterocycles. The molecule has 4 aliphatic rings. The lowest BCUT2D eigenvalue weighted by molar-refractivity contribution is -0.0211. The van der Waals surface area contributed by atoms with Crippen LogP contribution in [0, 0.1) is 0 Å². The summed E-state index contributed by atoms with van der Waals surface area (Å²) in [5.74, 6) is 1.59. The summed E-state index contributed by atoms with van der Waals surface area (Å²) in [6, 6.07) is 12.0. The van der Waals surface area contributed by atoms with Gasteiger partial charge in [0.1, 0.15) is 12.2 Å². The van der Waals surface area contributed by atoms with Gasteiger partial charge >= 0.3 is 11.9 Å². The molecule has 0 N–H and O–H groups in total. The number of piperidine rings is 2. The van der Waals surface area contributed by atoms with Crippen molar-refractivity contribution in [2.45, 2.75) is 87.7 Å². The van der Waals surface area contributed by atoms with Gasteiger partial charge in [-0.05, 0) is 62.1 Å². The first-order valence-corrected chi connectivity index (χ1v) is 15.8. The van der Waals surface area contributed by atoms with Crippen LogP contribution in [0.4, 0.5) is 0 Å². The quantitative estimate of drug-likeness (QED) is 0.333. The van der Waals surface area contributed by atoms with Crippen molar-refractivity contribution in [3.8, 4) is 23.0 Å². The van der Waals surface area contributed by atoms with E-state index in [0.717, 1.165) is 64.5 Å². The minimum Gasteiger partial charge on any atom is -0.493 e. The van der Waals surface area contributed by atoms with E-state index >= 15 is 0 Å². The summed E-state index contributed by atoms with van der Waals surface area (Å²) in [6.07, 6.45) is 7.94. The highest BCUT2D eigenvalue weighted by atomic mass is 16.6. The Kier molecular flexibility index (Phi) is 9.18. The van der Waals surface area contributed by atoms with Gasteiger partial charge in [0.25, 0.3) is 0 Å². The monoisotopic (exact) mass is 608 g/mol. The zero-order valence-corrected chi connectivity index (χ0v) is 26.2. The fourth-order valence-electron chi connectivity index (χ4n) is 7.97. The molecular formula is C34H44N2O8. The SMILES string of the molecule is COc1ccc(C(=O)OC2CC3CCC(C2)N3CCN2C3CCC2CC(OC(=O)c2ccc(OC)c(OC)c2)C3)cc1OC. The first kappa shape index (κ1) is 30.5. The molecule has 4 atom stereocenters.